The second-order valence-corrected chi connectivity index (χ2v) is 6.49. The molecule has 0 radical (unpaired) electrons. The Hall–Kier alpha value is -2.12. The largest absolute Gasteiger partial charge is 0.465 e. The van der Waals surface area contributed by atoms with Crippen LogP contribution in [0.25, 0.3) is 0 Å². The van der Waals surface area contributed by atoms with Gasteiger partial charge in [-0.05, 0) is 31.5 Å². The van der Waals surface area contributed by atoms with Crippen molar-refractivity contribution in [1.82, 2.24) is 19.7 Å². The van der Waals surface area contributed by atoms with E-state index >= 15 is 0 Å². The number of hydrogen-bond acceptors (Lipinski definition) is 5. The van der Waals surface area contributed by atoms with Gasteiger partial charge in [0.15, 0.2) is 0 Å². The summed E-state index contributed by atoms with van der Waals surface area (Å²) in [6, 6.07) is 6.04. The van der Waals surface area contributed by atoms with Crippen molar-refractivity contribution in [2.75, 3.05) is 19.7 Å². The fourth-order valence-electron chi connectivity index (χ4n) is 3.47. The zero-order valence-corrected chi connectivity index (χ0v) is 13.9. The van der Waals surface area contributed by atoms with Gasteiger partial charge in [-0.25, -0.2) is 5.06 Å². The second-order valence-electron chi connectivity index (χ2n) is 6.49. The number of hydroxylamine groups is 2. The van der Waals surface area contributed by atoms with Gasteiger partial charge in [0.2, 0.25) is 5.91 Å². The van der Waals surface area contributed by atoms with Crippen LogP contribution in [-0.2, 0) is 22.7 Å². The quantitative estimate of drug-likeness (QED) is 0.857. The zero-order valence-electron chi connectivity index (χ0n) is 13.9. The Morgan fingerprint density at radius 2 is 2.29 bits per heavy atom. The van der Waals surface area contributed by atoms with E-state index in [0.29, 0.717) is 19.6 Å². The summed E-state index contributed by atoms with van der Waals surface area (Å²) in [5, 5.41) is 5.92. The molecule has 4 heterocycles. The minimum absolute atomic E-state index is 0.0245. The highest BCUT2D eigenvalue weighted by atomic mass is 16.7. The van der Waals surface area contributed by atoms with Gasteiger partial charge in [0.05, 0.1) is 37.9 Å². The number of nitrogens with zero attached hydrogens (tertiary/aromatic N) is 4. The predicted octanol–water partition coefficient (Wildman–Crippen LogP) is 1.90. The second kappa shape index (κ2) is 6.41. The number of aryl methyl sites for hydroxylation is 1. The third kappa shape index (κ3) is 3.09. The molecular formula is C17H22N4O3. The van der Waals surface area contributed by atoms with E-state index in [9.17, 15) is 4.79 Å². The Balaban J connectivity index is 1.47. The molecule has 0 saturated carbocycles. The van der Waals surface area contributed by atoms with Crippen molar-refractivity contribution in [2.24, 2.45) is 0 Å². The molecular weight excluding hydrogens is 308 g/mol. The van der Waals surface area contributed by atoms with Gasteiger partial charge in [-0.3, -0.25) is 19.2 Å². The van der Waals surface area contributed by atoms with Crippen molar-refractivity contribution in [3.8, 4) is 0 Å². The average molecular weight is 330 g/mol. The average Bonchev–Trinajstić information content (AvgIpc) is 3.28. The molecule has 7 nitrogen and oxygen atoms in total. The van der Waals surface area contributed by atoms with Gasteiger partial charge in [-0.2, -0.15) is 5.10 Å². The molecule has 4 rings (SSSR count). The van der Waals surface area contributed by atoms with E-state index in [1.54, 1.807) is 6.20 Å². The van der Waals surface area contributed by atoms with Crippen LogP contribution in [0.1, 0.15) is 36.1 Å². The monoisotopic (exact) mass is 330 g/mol. The molecule has 2 aromatic heterocycles. The molecule has 2 aromatic rings. The van der Waals surface area contributed by atoms with Crippen molar-refractivity contribution in [2.45, 2.75) is 38.9 Å². The predicted molar refractivity (Wildman–Crippen MR) is 85.7 cm³/mol. The molecule has 0 unspecified atom stereocenters. The Morgan fingerprint density at radius 1 is 1.38 bits per heavy atom. The normalized spacial score (nSPS) is 21.2. The maximum Gasteiger partial charge on any atom is 0.248 e. The summed E-state index contributed by atoms with van der Waals surface area (Å²) in [5.41, 5.74) is 1.13. The van der Waals surface area contributed by atoms with Crippen LogP contribution in [-0.4, -0.2) is 45.3 Å². The topological polar surface area (TPSA) is 63.7 Å². The summed E-state index contributed by atoms with van der Waals surface area (Å²) in [6.45, 7) is 5.59. The van der Waals surface area contributed by atoms with Crippen molar-refractivity contribution in [1.29, 1.82) is 0 Å². The van der Waals surface area contributed by atoms with E-state index in [1.807, 2.05) is 29.8 Å². The lowest BCUT2D eigenvalue weighted by molar-refractivity contribution is -0.170. The third-order valence-corrected chi connectivity index (χ3v) is 4.57. The van der Waals surface area contributed by atoms with E-state index in [-0.39, 0.29) is 11.9 Å². The van der Waals surface area contributed by atoms with Gasteiger partial charge < -0.3 is 4.42 Å². The van der Waals surface area contributed by atoms with Gasteiger partial charge in [-0.1, -0.05) is 0 Å². The molecule has 0 N–H and O–H groups in total. The number of amides is 1. The first-order valence-electron chi connectivity index (χ1n) is 8.42. The molecule has 7 heteroatoms. The summed E-state index contributed by atoms with van der Waals surface area (Å²) in [4.78, 5) is 20.1. The minimum atomic E-state index is 0.0245. The smallest absolute Gasteiger partial charge is 0.248 e. The molecule has 0 aromatic carbocycles. The third-order valence-electron chi connectivity index (χ3n) is 4.57. The van der Waals surface area contributed by atoms with Crippen LogP contribution in [0, 0.1) is 6.92 Å². The fraction of sp³-hybridized carbons (Fsp3) is 0.529. The standard InChI is InChI=1S/C17H22N4O3/c1-13-3-4-16(24-13)12-19-10-14-5-6-18-21(14)15(11-19)9-17(22)20-7-2-8-23-20/h3-6,15H,2,7-12H2,1H3/t15-/m1/s1. The molecule has 0 bridgehead atoms. The molecule has 128 valence electrons. The first-order chi connectivity index (χ1) is 11.7. The van der Waals surface area contributed by atoms with Gasteiger partial charge in [0.1, 0.15) is 11.5 Å². The van der Waals surface area contributed by atoms with Crippen molar-refractivity contribution < 1.29 is 14.0 Å². The molecule has 0 spiro atoms. The number of carbonyl (C=O) groups is 1. The van der Waals surface area contributed by atoms with E-state index in [4.69, 9.17) is 9.25 Å². The Morgan fingerprint density at radius 3 is 3.04 bits per heavy atom. The highest BCUT2D eigenvalue weighted by Crippen LogP contribution is 2.26. The molecule has 1 atom stereocenters. The van der Waals surface area contributed by atoms with Crippen LogP contribution in [0.4, 0.5) is 0 Å². The molecule has 24 heavy (non-hydrogen) atoms. The number of fused-ring (bicyclic) bond motifs is 1. The first-order valence-corrected chi connectivity index (χ1v) is 8.42. The maximum absolute atomic E-state index is 12.4. The van der Waals surface area contributed by atoms with E-state index in [2.05, 4.69) is 10.00 Å². The van der Waals surface area contributed by atoms with Crippen molar-refractivity contribution in [3.05, 3.63) is 41.6 Å². The zero-order chi connectivity index (χ0) is 16.5. The van der Waals surface area contributed by atoms with E-state index in [1.165, 1.54) is 5.06 Å². The highest BCUT2D eigenvalue weighted by Gasteiger charge is 2.30. The molecule has 2 aliphatic rings. The van der Waals surface area contributed by atoms with Crippen LogP contribution < -0.4 is 0 Å². The van der Waals surface area contributed by atoms with Crippen LogP contribution in [0.2, 0.25) is 0 Å². The van der Waals surface area contributed by atoms with E-state index < -0.39 is 0 Å². The Labute approximate surface area is 140 Å². The Kier molecular flexibility index (Phi) is 4.12. The molecule has 1 fully saturated rings. The minimum Gasteiger partial charge on any atom is -0.465 e. The molecule has 1 amide bonds. The number of furan rings is 1. The van der Waals surface area contributed by atoms with Gasteiger partial charge in [0, 0.05) is 19.3 Å². The SMILES string of the molecule is Cc1ccc(CN2Cc3ccnn3[C@H](CC(=O)N3CCCO3)C2)o1. The van der Waals surface area contributed by atoms with Gasteiger partial charge in [0.25, 0.3) is 0 Å². The number of carbonyl (C=O) groups excluding carboxylic acids is 1. The van der Waals surface area contributed by atoms with Crippen molar-refractivity contribution in [3.63, 3.8) is 0 Å². The highest BCUT2D eigenvalue weighted by molar-refractivity contribution is 5.75. The van der Waals surface area contributed by atoms with Crippen LogP contribution in [0.3, 0.4) is 0 Å². The van der Waals surface area contributed by atoms with Gasteiger partial charge in [-0.15, -0.1) is 0 Å². The summed E-state index contributed by atoms with van der Waals surface area (Å²) >= 11 is 0. The summed E-state index contributed by atoms with van der Waals surface area (Å²) < 4.78 is 7.68. The van der Waals surface area contributed by atoms with Gasteiger partial charge >= 0.3 is 0 Å². The number of aromatic nitrogens is 2. The fourth-order valence-corrected chi connectivity index (χ4v) is 3.47. The van der Waals surface area contributed by atoms with Crippen LogP contribution >= 0.6 is 0 Å². The molecule has 1 saturated heterocycles. The summed E-state index contributed by atoms with van der Waals surface area (Å²) in [7, 11) is 0. The number of rotatable bonds is 4. The number of hydrogen-bond donors (Lipinski definition) is 0. The first kappa shape index (κ1) is 15.4. The maximum atomic E-state index is 12.4. The Bertz CT molecular complexity index is 717. The lowest BCUT2D eigenvalue weighted by Gasteiger charge is -2.33. The summed E-state index contributed by atoms with van der Waals surface area (Å²) in [5.74, 6) is 1.91. The summed E-state index contributed by atoms with van der Waals surface area (Å²) in [6.07, 6.45) is 3.12. The van der Waals surface area contributed by atoms with E-state index in [0.717, 1.165) is 43.3 Å². The molecule has 2 aliphatic heterocycles. The lowest BCUT2D eigenvalue weighted by atomic mass is 10.1. The van der Waals surface area contributed by atoms with Crippen LogP contribution in [0.5, 0.6) is 0 Å². The lowest BCUT2D eigenvalue weighted by Crippen LogP contribution is -2.40. The van der Waals surface area contributed by atoms with Crippen molar-refractivity contribution >= 4 is 5.91 Å². The van der Waals surface area contributed by atoms with Crippen LogP contribution in [0.15, 0.2) is 28.8 Å². The molecule has 0 aliphatic carbocycles.